The van der Waals surface area contributed by atoms with Gasteiger partial charge in [-0.1, -0.05) is 31.6 Å². The summed E-state index contributed by atoms with van der Waals surface area (Å²) in [5.41, 5.74) is 6.48. The van der Waals surface area contributed by atoms with Crippen LogP contribution in [-0.4, -0.2) is 17.4 Å². The minimum atomic E-state index is 0.505. The summed E-state index contributed by atoms with van der Waals surface area (Å²) in [6.07, 6.45) is 6.53. The van der Waals surface area contributed by atoms with Crippen LogP contribution in [0.5, 0.6) is 0 Å². The summed E-state index contributed by atoms with van der Waals surface area (Å²) >= 11 is 5.19. The third-order valence-electron chi connectivity index (χ3n) is 3.41. The molecule has 1 atom stereocenters. The van der Waals surface area contributed by atoms with Gasteiger partial charge in [-0.2, -0.15) is 5.10 Å². The van der Waals surface area contributed by atoms with Crippen molar-refractivity contribution in [3.63, 3.8) is 0 Å². The molecule has 1 aliphatic carbocycles. The lowest BCUT2D eigenvalue weighted by Crippen LogP contribution is -2.33. The zero-order chi connectivity index (χ0) is 14.3. The minimum Gasteiger partial charge on any atom is -0.361 e. The highest BCUT2D eigenvalue weighted by atomic mass is 32.1. The molecule has 0 saturated carbocycles. The van der Waals surface area contributed by atoms with Crippen LogP contribution in [-0.2, 0) is 0 Å². The van der Waals surface area contributed by atoms with Gasteiger partial charge in [0, 0.05) is 6.54 Å². The molecule has 0 heterocycles. The Bertz CT molecular complexity index is 396. The van der Waals surface area contributed by atoms with Crippen molar-refractivity contribution in [2.45, 2.75) is 46.5 Å². The van der Waals surface area contributed by atoms with Gasteiger partial charge in [0.25, 0.3) is 0 Å². The molecule has 2 N–H and O–H groups in total. The monoisotopic (exact) mass is 279 g/mol. The average Bonchev–Trinajstić information content (AvgIpc) is 2.37. The Hall–Kier alpha value is -1.16. The summed E-state index contributed by atoms with van der Waals surface area (Å²) in [5.74, 6) is 0.505. The summed E-state index contributed by atoms with van der Waals surface area (Å²) < 4.78 is 0. The average molecular weight is 279 g/mol. The van der Waals surface area contributed by atoms with Crippen molar-refractivity contribution in [3.8, 4) is 0 Å². The number of hydrazone groups is 1. The van der Waals surface area contributed by atoms with E-state index in [1.807, 2.05) is 0 Å². The van der Waals surface area contributed by atoms with Gasteiger partial charge in [-0.25, -0.2) is 0 Å². The van der Waals surface area contributed by atoms with Crippen molar-refractivity contribution in [1.82, 2.24) is 10.7 Å². The first-order valence-electron chi connectivity index (χ1n) is 6.97. The van der Waals surface area contributed by atoms with Gasteiger partial charge in [-0.05, 0) is 56.8 Å². The highest BCUT2D eigenvalue weighted by Gasteiger charge is 2.18. The van der Waals surface area contributed by atoms with Crippen LogP contribution in [0.15, 0.2) is 28.9 Å². The third-order valence-corrected chi connectivity index (χ3v) is 3.64. The van der Waals surface area contributed by atoms with Crippen LogP contribution in [0.1, 0.15) is 46.5 Å². The Labute approximate surface area is 122 Å². The van der Waals surface area contributed by atoms with Gasteiger partial charge in [0.1, 0.15) is 0 Å². The molecule has 0 amide bonds. The minimum absolute atomic E-state index is 0.505. The molecule has 0 unspecified atom stereocenters. The van der Waals surface area contributed by atoms with E-state index in [4.69, 9.17) is 12.2 Å². The van der Waals surface area contributed by atoms with Crippen molar-refractivity contribution in [2.75, 3.05) is 6.54 Å². The van der Waals surface area contributed by atoms with E-state index in [1.165, 1.54) is 11.1 Å². The number of unbranched alkanes of at least 4 members (excludes halogenated alkanes) is 1. The summed E-state index contributed by atoms with van der Waals surface area (Å²) in [6.45, 7) is 11.3. The van der Waals surface area contributed by atoms with Gasteiger partial charge in [0.15, 0.2) is 5.11 Å². The highest BCUT2D eigenvalue weighted by Crippen LogP contribution is 2.26. The van der Waals surface area contributed by atoms with Crippen LogP contribution in [0.4, 0.5) is 0 Å². The molecular weight excluding hydrogens is 254 g/mol. The number of hydrogen-bond donors (Lipinski definition) is 2. The largest absolute Gasteiger partial charge is 0.361 e. The van der Waals surface area contributed by atoms with Gasteiger partial charge in [-0.15, -0.1) is 0 Å². The van der Waals surface area contributed by atoms with E-state index < -0.39 is 0 Å². The SMILES string of the molecule is C=C(C)[C@H]1CC=C(C)/C(=N\NC(=S)NCCCC)C1. The molecule has 0 fully saturated rings. The number of allylic oxidation sites excluding steroid dienone is 3. The number of nitrogens with zero attached hydrogens (tertiary/aromatic N) is 1. The summed E-state index contributed by atoms with van der Waals surface area (Å²) in [7, 11) is 0. The maximum absolute atomic E-state index is 5.19. The van der Waals surface area contributed by atoms with Crippen LogP contribution in [0.3, 0.4) is 0 Å². The van der Waals surface area contributed by atoms with E-state index in [2.05, 4.69) is 49.3 Å². The molecule has 0 aromatic rings. The molecule has 0 spiro atoms. The molecular formula is C15H25N3S. The predicted molar refractivity (Wildman–Crippen MR) is 87.4 cm³/mol. The van der Waals surface area contributed by atoms with Crippen LogP contribution in [0, 0.1) is 5.92 Å². The van der Waals surface area contributed by atoms with Crippen molar-refractivity contribution in [1.29, 1.82) is 0 Å². The fraction of sp³-hybridized carbons (Fsp3) is 0.600. The normalized spacial score (nSPS) is 20.9. The number of nitrogens with one attached hydrogen (secondary N) is 2. The van der Waals surface area contributed by atoms with E-state index in [-0.39, 0.29) is 0 Å². The van der Waals surface area contributed by atoms with Gasteiger partial charge in [0.05, 0.1) is 5.71 Å². The van der Waals surface area contributed by atoms with Crippen molar-refractivity contribution < 1.29 is 0 Å². The van der Waals surface area contributed by atoms with Gasteiger partial charge < -0.3 is 5.32 Å². The lowest BCUT2D eigenvalue weighted by molar-refractivity contribution is 0.636. The van der Waals surface area contributed by atoms with Gasteiger partial charge >= 0.3 is 0 Å². The van der Waals surface area contributed by atoms with Crippen LogP contribution in [0.25, 0.3) is 0 Å². The lowest BCUT2D eigenvalue weighted by atomic mass is 9.85. The fourth-order valence-electron chi connectivity index (χ4n) is 1.96. The molecule has 0 aliphatic heterocycles. The van der Waals surface area contributed by atoms with Gasteiger partial charge in [-0.3, -0.25) is 5.43 Å². The third kappa shape index (κ3) is 5.55. The highest BCUT2D eigenvalue weighted by molar-refractivity contribution is 7.80. The van der Waals surface area contributed by atoms with Gasteiger partial charge in [0.2, 0.25) is 0 Å². The van der Waals surface area contributed by atoms with E-state index in [0.29, 0.717) is 11.0 Å². The molecule has 4 heteroatoms. The molecule has 106 valence electrons. The van der Waals surface area contributed by atoms with E-state index in [1.54, 1.807) is 0 Å². The maximum atomic E-state index is 5.19. The smallest absolute Gasteiger partial charge is 0.186 e. The second kappa shape index (κ2) is 8.10. The summed E-state index contributed by atoms with van der Waals surface area (Å²) in [4.78, 5) is 0. The molecule has 19 heavy (non-hydrogen) atoms. The standard InChI is InChI=1S/C15H25N3S/c1-5-6-9-16-15(19)18-17-14-10-13(11(2)3)8-7-12(14)4/h7,13H,2,5-6,8-10H2,1,3-4H3,(H2,16,18,19)/b17-14-/t13-/m0/s1. The first-order valence-corrected chi connectivity index (χ1v) is 7.38. The summed E-state index contributed by atoms with van der Waals surface area (Å²) in [6, 6.07) is 0. The second-order valence-electron chi connectivity index (χ2n) is 5.15. The van der Waals surface area contributed by atoms with E-state index in [0.717, 1.165) is 37.9 Å². The van der Waals surface area contributed by atoms with Crippen molar-refractivity contribution in [3.05, 3.63) is 23.8 Å². The van der Waals surface area contributed by atoms with E-state index in [9.17, 15) is 0 Å². The first-order chi connectivity index (χ1) is 9.04. The van der Waals surface area contributed by atoms with E-state index >= 15 is 0 Å². The maximum Gasteiger partial charge on any atom is 0.186 e. The number of hydrogen-bond acceptors (Lipinski definition) is 2. The molecule has 0 aromatic carbocycles. The summed E-state index contributed by atoms with van der Waals surface area (Å²) in [5, 5.41) is 8.18. The quantitative estimate of drug-likeness (QED) is 0.350. The Balaban J connectivity index is 2.51. The molecule has 3 nitrogen and oxygen atoms in total. The van der Waals surface area contributed by atoms with Crippen molar-refractivity contribution in [2.24, 2.45) is 11.0 Å². The Morgan fingerprint density at radius 2 is 2.32 bits per heavy atom. The molecule has 1 aliphatic rings. The number of rotatable bonds is 5. The fourth-order valence-corrected chi connectivity index (χ4v) is 2.11. The Morgan fingerprint density at radius 3 is 2.95 bits per heavy atom. The van der Waals surface area contributed by atoms with Crippen LogP contribution in [0.2, 0.25) is 0 Å². The second-order valence-corrected chi connectivity index (χ2v) is 5.56. The Morgan fingerprint density at radius 1 is 1.58 bits per heavy atom. The molecule has 0 aromatic heterocycles. The zero-order valence-corrected chi connectivity index (χ0v) is 13.1. The van der Waals surface area contributed by atoms with Crippen LogP contribution < -0.4 is 10.7 Å². The van der Waals surface area contributed by atoms with Crippen LogP contribution >= 0.6 is 12.2 Å². The van der Waals surface area contributed by atoms with Crippen molar-refractivity contribution >= 4 is 23.0 Å². The topological polar surface area (TPSA) is 36.4 Å². The molecule has 0 radical (unpaired) electrons. The molecule has 0 bridgehead atoms. The number of thiocarbonyl (C=S) groups is 1. The lowest BCUT2D eigenvalue weighted by Gasteiger charge is -2.22. The predicted octanol–water partition coefficient (Wildman–Crippen LogP) is 3.54. The Kier molecular flexibility index (Phi) is 6.78. The molecule has 0 saturated heterocycles. The molecule has 1 rings (SSSR count). The first kappa shape index (κ1) is 15.9. The zero-order valence-electron chi connectivity index (χ0n) is 12.3.